The second kappa shape index (κ2) is 5.57. The van der Waals surface area contributed by atoms with Crippen molar-refractivity contribution in [3.8, 4) is 0 Å². The molecule has 0 amide bonds. The Bertz CT molecular complexity index is 742. The van der Waals surface area contributed by atoms with E-state index in [1.165, 1.54) is 5.39 Å². The zero-order valence-electron chi connectivity index (χ0n) is 10.4. The normalized spacial score (nSPS) is 10.9. The first-order chi connectivity index (χ1) is 9.63. The van der Waals surface area contributed by atoms with Gasteiger partial charge in [0.05, 0.1) is 15.7 Å². The van der Waals surface area contributed by atoms with Crippen LogP contribution < -0.4 is 5.32 Å². The molecule has 102 valence electrons. The third kappa shape index (κ3) is 2.73. The van der Waals surface area contributed by atoms with E-state index in [4.69, 9.17) is 34.8 Å². The highest BCUT2D eigenvalue weighted by molar-refractivity contribution is 6.41. The number of aromatic amines is 1. The van der Waals surface area contributed by atoms with Crippen molar-refractivity contribution in [2.45, 2.75) is 6.54 Å². The van der Waals surface area contributed by atoms with Gasteiger partial charge in [-0.2, -0.15) is 0 Å². The van der Waals surface area contributed by atoms with Crippen molar-refractivity contribution in [1.29, 1.82) is 0 Å². The van der Waals surface area contributed by atoms with E-state index in [0.717, 1.165) is 11.1 Å². The van der Waals surface area contributed by atoms with Gasteiger partial charge in [0, 0.05) is 23.3 Å². The molecule has 0 aliphatic carbocycles. The van der Waals surface area contributed by atoms with Crippen LogP contribution in [0.15, 0.2) is 42.6 Å². The summed E-state index contributed by atoms with van der Waals surface area (Å²) < 4.78 is 0. The van der Waals surface area contributed by atoms with E-state index < -0.39 is 0 Å². The van der Waals surface area contributed by atoms with Crippen molar-refractivity contribution in [3.05, 3.63) is 63.2 Å². The van der Waals surface area contributed by atoms with Gasteiger partial charge in [0.25, 0.3) is 0 Å². The van der Waals surface area contributed by atoms with Gasteiger partial charge in [-0.1, -0.05) is 46.9 Å². The number of hydrogen-bond donors (Lipinski definition) is 2. The number of aromatic nitrogens is 1. The second-order valence-corrected chi connectivity index (χ2v) is 5.75. The van der Waals surface area contributed by atoms with Gasteiger partial charge in [-0.3, -0.25) is 0 Å². The molecule has 3 aromatic rings. The maximum atomic E-state index is 6.14. The van der Waals surface area contributed by atoms with E-state index in [1.54, 1.807) is 12.1 Å². The zero-order valence-corrected chi connectivity index (χ0v) is 12.7. The van der Waals surface area contributed by atoms with Gasteiger partial charge in [-0.15, -0.1) is 0 Å². The molecule has 2 N–H and O–H groups in total. The van der Waals surface area contributed by atoms with Crippen LogP contribution in [-0.2, 0) is 6.54 Å². The number of rotatable bonds is 3. The number of halogens is 3. The Morgan fingerprint density at radius 1 is 0.950 bits per heavy atom. The predicted molar refractivity (Wildman–Crippen MR) is 87.1 cm³/mol. The molecule has 0 radical (unpaired) electrons. The average Bonchev–Trinajstić information content (AvgIpc) is 2.84. The number of benzene rings is 2. The summed E-state index contributed by atoms with van der Waals surface area (Å²) in [6.07, 6.45) is 1.93. The van der Waals surface area contributed by atoms with Crippen LogP contribution in [0.3, 0.4) is 0 Å². The lowest BCUT2D eigenvalue weighted by atomic mass is 10.1. The third-order valence-corrected chi connectivity index (χ3v) is 3.91. The van der Waals surface area contributed by atoms with Crippen molar-refractivity contribution < 1.29 is 0 Å². The highest BCUT2D eigenvalue weighted by Crippen LogP contribution is 2.34. The lowest BCUT2D eigenvalue weighted by Gasteiger charge is -2.11. The number of fused-ring (bicyclic) bond motifs is 1. The largest absolute Gasteiger partial charge is 0.379 e. The first-order valence-electron chi connectivity index (χ1n) is 6.08. The minimum absolute atomic E-state index is 0.517. The fraction of sp³-hybridized carbons (Fsp3) is 0.0667. The Morgan fingerprint density at radius 3 is 2.45 bits per heavy atom. The Morgan fingerprint density at radius 2 is 1.70 bits per heavy atom. The van der Waals surface area contributed by atoms with Gasteiger partial charge in [0.15, 0.2) is 0 Å². The summed E-state index contributed by atoms with van der Waals surface area (Å²) in [5.74, 6) is 0. The summed E-state index contributed by atoms with van der Waals surface area (Å²) in [7, 11) is 0. The minimum Gasteiger partial charge on any atom is -0.379 e. The Hall–Kier alpha value is -1.35. The molecule has 2 aromatic carbocycles. The summed E-state index contributed by atoms with van der Waals surface area (Å²) in [4.78, 5) is 3.19. The third-order valence-electron chi connectivity index (χ3n) is 3.10. The molecular weight excluding hydrogens is 315 g/mol. The predicted octanol–water partition coefficient (Wildman–Crippen LogP) is 5.74. The van der Waals surface area contributed by atoms with E-state index in [-0.39, 0.29) is 0 Å². The molecular formula is C15H11Cl3N2. The van der Waals surface area contributed by atoms with Crippen LogP contribution in [0, 0.1) is 0 Å². The number of hydrogen-bond acceptors (Lipinski definition) is 1. The van der Waals surface area contributed by atoms with E-state index in [9.17, 15) is 0 Å². The number of H-pyrrole nitrogens is 1. The maximum absolute atomic E-state index is 6.14. The molecule has 1 heterocycles. The monoisotopic (exact) mass is 324 g/mol. The molecule has 2 nitrogen and oxygen atoms in total. The van der Waals surface area contributed by atoms with E-state index in [0.29, 0.717) is 27.3 Å². The SMILES string of the molecule is Clc1cc(Cl)c(NCc2ccc3cc[nH]c3c2)c(Cl)c1. The van der Waals surface area contributed by atoms with Crippen LogP contribution in [0.25, 0.3) is 10.9 Å². The molecule has 0 atom stereocenters. The average molecular weight is 326 g/mol. The van der Waals surface area contributed by atoms with Gasteiger partial charge in [0.1, 0.15) is 0 Å². The second-order valence-electron chi connectivity index (χ2n) is 4.50. The van der Waals surface area contributed by atoms with Crippen LogP contribution in [0.2, 0.25) is 15.1 Å². The molecule has 0 aliphatic heterocycles. The Balaban J connectivity index is 1.82. The molecule has 0 bridgehead atoms. The molecule has 1 aromatic heterocycles. The molecule has 20 heavy (non-hydrogen) atoms. The zero-order chi connectivity index (χ0) is 14.1. The highest BCUT2D eigenvalue weighted by Gasteiger charge is 2.07. The Labute approximate surface area is 131 Å². The molecule has 0 fully saturated rings. The van der Waals surface area contributed by atoms with Crippen LogP contribution in [-0.4, -0.2) is 4.98 Å². The van der Waals surface area contributed by atoms with Crippen LogP contribution in [0.1, 0.15) is 5.56 Å². The van der Waals surface area contributed by atoms with Gasteiger partial charge < -0.3 is 10.3 Å². The lowest BCUT2D eigenvalue weighted by Crippen LogP contribution is -2.00. The fourth-order valence-electron chi connectivity index (χ4n) is 2.11. The molecule has 0 saturated heterocycles. The lowest BCUT2D eigenvalue weighted by molar-refractivity contribution is 1.15. The molecule has 0 saturated carbocycles. The maximum Gasteiger partial charge on any atom is 0.0722 e. The summed E-state index contributed by atoms with van der Waals surface area (Å²) in [6, 6.07) is 11.6. The van der Waals surface area contributed by atoms with Crippen LogP contribution in [0.5, 0.6) is 0 Å². The Kier molecular flexibility index (Phi) is 3.79. The van der Waals surface area contributed by atoms with Crippen LogP contribution >= 0.6 is 34.8 Å². The van der Waals surface area contributed by atoms with Gasteiger partial charge >= 0.3 is 0 Å². The van der Waals surface area contributed by atoms with E-state index in [1.807, 2.05) is 12.3 Å². The molecule has 5 heteroatoms. The van der Waals surface area contributed by atoms with Crippen molar-refractivity contribution in [1.82, 2.24) is 4.98 Å². The molecule has 0 unspecified atom stereocenters. The summed E-state index contributed by atoms with van der Waals surface area (Å²) in [5.41, 5.74) is 2.95. The van der Waals surface area contributed by atoms with Gasteiger partial charge in [0.2, 0.25) is 0 Å². The number of anilines is 1. The molecule has 0 spiro atoms. The minimum atomic E-state index is 0.517. The smallest absolute Gasteiger partial charge is 0.0722 e. The quantitative estimate of drug-likeness (QED) is 0.631. The summed E-state index contributed by atoms with van der Waals surface area (Å²) in [6.45, 7) is 0.635. The van der Waals surface area contributed by atoms with Crippen molar-refractivity contribution in [2.75, 3.05) is 5.32 Å². The van der Waals surface area contributed by atoms with E-state index in [2.05, 4.69) is 28.5 Å². The first-order valence-corrected chi connectivity index (χ1v) is 7.21. The fourth-order valence-corrected chi connectivity index (χ4v) is 3.06. The standard InChI is InChI=1S/C15H11Cl3N2/c16-11-6-12(17)15(13(18)7-11)20-8-9-1-2-10-3-4-19-14(10)5-9/h1-7,19-20H,8H2. The van der Waals surface area contributed by atoms with Crippen molar-refractivity contribution in [2.24, 2.45) is 0 Å². The van der Waals surface area contributed by atoms with Crippen molar-refractivity contribution in [3.63, 3.8) is 0 Å². The highest BCUT2D eigenvalue weighted by atomic mass is 35.5. The first kappa shape index (κ1) is 13.6. The van der Waals surface area contributed by atoms with Gasteiger partial charge in [-0.25, -0.2) is 0 Å². The summed E-state index contributed by atoms with van der Waals surface area (Å²) in [5, 5.41) is 6.00. The van der Waals surface area contributed by atoms with E-state index >= 15 is 0 Å². The topological polar surface area (TPSA) is 27.8 Å². The molecule has 0 aliphatic rings. The van der Waals surface area contributed by atoms with Gasteiger partial charge in [-0.05, 0) is 35.2 Å². The van der Waals surface area contributed by atoms with Crippen molar-refractivity contribution >= 4 is 51.4 Å². The number of nitrogens with one attached hydrogen (secondary N) is 2. The summed E-state index contributed by atoms with van der Waals surface area (Å²) >= 11 is 18.2. The molecule has 3 rings (SSSR count). The van der Waals surface area contributed by atoms with Crippen LogP contribution in [0.4, 0.5) is 5.69 Å².